The second-order valence-electron chi connectivity index (χ2n) is 5.34. The van der Waals surface area contributed by atoms with E-state index in [0.29, 0.717) is 12.5 Å². The molecule has 0 aliphatic rings. The van der Waals surface area contributed by atoms with Crippen molar-refractivity contribution in [2.24, 2.45) is 5.73 Å². The van der Waals surface area contributed by atoms with Gasteiger partial charge in [-0.1, -0.05) is 31.2 Å². The van der Waals surface area contributed by atoms with Crippen LogP contribution in [0.1, 0.15) is 44.2 Å². The second kappa shape index (κ2) is 6.18. The van der Waals surface area contributed by atoms with Gasteiger partial charge in [0, 0.05) is 7.11 Å². The zero-order valence-electron chi connectivity index (χ0n) is 11.5. The molecule has 0 bridgehead atoms. The first-order chi connectivity index (χ1) is 7.98. The molecular formula is C15H25NO. The third kappa shape index (κ3) is 4.49. The largest absolute Gasteiger partial charge is 0.379 e. The number of methoxy groups -OCH3 is 1. The van der Waals surface area contributed by atoms with Gasteiger partial charge in [-0.3, -0.25) is 0 Å². The lowest BCUT2D eigenvalue weighted by Gasteiger charge is -2.22. The molecule has 1 aromatic carbocycles. The van der Waals surface area contributed by atoms with Crippen molar-refractivity contribution in [1.29, 1.82) is 0 Å². The Hall–Kier alpha value is -0.860. The van der Waals surface area contributed by atoms with Gasteiger partial charge in [-0.15, -0.1) is 0 Å². The van der Waals surface area contributed by atoms with Crippen molar-refractivity contribution in [3.8, 4) is 0 Å². The molecule has 2 nitrogen and oxygen atoms in total. The molecular weight excluding hydrogens is 210 g/mol. The van der Waals surface area contributed by atoms with Crippen LogP contribution in [0.15, 0.2) is 24.3 Å². The van der Waals surface area contributed by atoms with E-state index in [9.17, 15) is 0 Å². The van der Waals surface area contributed by atoms with Crippen LogP contribution < -0.4 is 5.73 Å². The van der Waals surface area contributed by atoms with E-state index >= 15 is 0 Å². The predicted molar refractivity (Wildman–Crippen MR) is 73.3 cm³/mol. The van der Waals surface area contributed by atoms with Crippen molar-refractivity contribution in [1.82, 2.24) is 0 Å². The minimum atomic E-state index is -0.0385. The molecule has 0 heterocycles. The summed E-state index contributed by atoms with van der Waals surface area (Å²) in [5.74, 6) is 0.444. The normalized spacial score (nSPS) is 13.7. The SMILES string of the molecule is COC(C)(C)CCc1ccc(C(C)CN)cc1. The first kappa shape index (κ1) is 14.2. The number of rotatable bonds is 6. The van der Waals surface area contributed by atoms with E-state index in [-0.39, 0.29) is 5.60 Å². The number of hydrogen-bond donors (Lipinski definition) is 1. The molecule has 1 unspecified atom stereocenters. The van der Waals surface area contributed by atoms with Gasteiger partial charge in [0.05, 0.1) is 5.60 Å². The molecule has 0 saturated heterocycles. The summed E-state index contributed by atoms with van der Waals surface area (Å²) in [6, 6.07) is 8.78. The maximum atomic E-state index is 5.66. The summed E-state index contributed by atoms with van der Waals surface area (Å²) < 4.78 is 5.42. The van der Waals surface area contributed by atoms with Gasteiger partial charge >= 0.3 is 0 Å². The van der Waals surface area contributed by atoms with E-state index in [4.69, 9.17) is 10.5 Å². The molecule has 1 aromatic rings. The quantitative estimate of drug-likeness (QED) is 0.822. The van der Waals surface area contributed by atoms with Gasteiger partial charge < -0.3 is 10.5 Å². The van der Waals surface area contributed by atoms with Crippen molar-refractivity contribution in [2.75, 3.05) is 13.7 Å². The lowest BCUT2D eigenvalue weighted by molar-refractivity contribution is 0.0158. The topological polar surface area (TPSA) is 35.2 Å². The highest BCUT2D eigenvalue weighted by Crippen LogP contribution is 2.19. The average molecular weight is 235 g/mol. The Morgan fingerprint density at radius 2 is 1.82 bits per heavy atom. The lowest BCUT2D eigenvalue weighted by atomic mass is 9.95. The first-order valence-electron chi connectivity index (χ1n) is 6.32. The van der Waals surface area contributed by atoms with Gasteiger partial charge in [-0.05, 0) is 50.3 Å². The summed E-state index contributed by atoms with van der Waals surface area (Å²) in [6.45, 7) is 7.11. The Labute approximate surface area is 105 Å². The van der Waals surface area contributed by atoms with Crippen LogP contribution in [-0.2, 0) is 11.2 Å². The summed E-state index contributed by atoms with van der Waals surface area (Å²) in [4.78, 5) is 0. The van der Waals surface area contributed by atoms with Crippen LogP contribution in [0.2, 0.25) is 0 Å². The standard InChI is InChI=1S/C15H25NO/c1-12(11-16)14-7-5-13(6-8-14)9-10-15(2,3)17-4/h5-8,12H,9-11,16H2,1-4H3. The summed E-state index contributed by atoms with van der Waals surface area (Å²) in [7, 11) is 1.77. The highest BCUT2D eigenvalue weighted by molar-refractivity contribution is 5.25. The molecule has 0 fully saturated rings. The maximum Gasteiger partial charge on any atom is 0.0625 e. The molecule has 0 saturated carbocycles. The van der Waals surface area contributed by atoms with Crippen LogP contribution in [0.5, 0.6) is 0 Å². The molecule has 0 radical (unpaired) electrons. The molecule has 0 spiro atoms. The molecule has 0 aromatic heterocycles. The number of hydrogen-bond acceptors (Lipinski definition) is 2. The van der Waals surface area contributed by atoms with E-state index in [1.54, 1.807) is 7.11 Å². The molecule has 17 heavy (non-hydrogen) atoms. The highest BCUT2D eigenvalue weighted by atomic mass is 16.5. The van der Waals surface area contributed by atoms with E-state index in [1.165, 1.54) is 11.1 Å². The molecule has 96 valence electrons. The van der Waals surface area contributed by atoms with Crippen molar-refractivity contribution in [3.05, 3.63) is 35.4 Å². The van der Waals surface area contributed by atoms with Crippen LogP contribution in [0.3, 0.4) is 0 Å². The van der Waals surface area contributed by atoms with E-state index in [2.05, 4.69) is 45.0 Å². The predicted octanol–water partition coefficient (Wildman–Crippen LogP) is 3.11. The molecule has 1 atom stereocenters. The molecule has 2 N–H and O–H groups in total. The Bertz CT molecular complexity index is 329. The monoisotopic (exact) mass is 235 g/mol. The van der Waals surface area contributed by atoms with Crippen LogP contribution in [0, 0.1) is 0 Å². The Balaban J connectivity index is 2.57. The van der Waals surface area contributed by atoms with Gasteiger partial charge in [0.1, 0.15) is 0 Å². The van der Waals surface area contributed by atoms with Crippen molar-refractivity contribution in [2.45, 2.75) is 45.1 Å². The Morgan fingerprint density at radius 3 is 2.29 bits per heavy atom. The number of ether oxygens (including phenoxy) is 1. The van der Waals surface area contributed by atoms with Gasteiger partial charge in [0.2, 0.25) is 0 Å². The minimum absolute atomic E-state index is 0.0385. The Morgan fingerprint density at radius 1 is 1.24 bits per heavy atom. The fourth-order valence-electron chi connectivity index (χ4n) is 1.70. The molecule has 0 aliphatic carbocycles. The summed E-state index contributed by atoms with van der Waals surface area (Å²) >= 11 is 0. The van der Waals surface area contributed by atoms with Crippen molar-refractivity contribution in [3.63, 3.8) is 0 Å². The van der Waals surface area contributed by atoms with Gasteiger partial charge in [0.25, 0.3) is 0 Å². The number of benzene rings is 1. The van der Waals surface area contributed by atoms with E-state index in [0.717, 1.165) is 12.8 Å². The zero-order chi connectivity index (χ0) is 12.9. The fraction of sp³-hybridized carbons (Fsp3) is 0.600. The molecule has 0 amide bonds. The van der Waals surface area contributed by atoms with Gasteiger partial charge in [0.15, 0.2) is 0 Å². The first-order valence-corrected chi connectivity index (χ1v) is 6.32. The second-order valence-corrected chi connectivity index (χ2v) is 5.34. The lowest BCUT2D eigenvalue weighted by Crippen LogP contribution is -2.22. The minimum Gasteiger partial charge on any atom is -0.379 e. The van der Waals surface area contributed by atoms with Crippen LogP contribution in [0.25, 0.3) is 0 Å². The summed E-state index contributed by atoms with van der Waals surface area (Å²) in [6.07, 6.45) is 2.09. The van der Waals surface area contributed by atoms with Crippen LogP contribution >= 0.6 is 0 Å². The fourth-order valence-corrected chi connectivity index (χ4v) is 1.70. The smallest absolute Gasteiger partial charge is 0.0625 e. The average Bonchev–Trinajstić information content (AvgIpc) is 2.36. The molecule has 2 heteroatoms. The van der Waals surface area contributed by atoms with Gasteiger partial charge in [-0.2, -0.15) is 0 Å². The van der Waals surface area contributed by atoms with Crippen LogP contribution in [0.4, 0.5) is 0 Å². The number of nitrogens with two attached hydrogens (primary N) is 1. The third-order valence-electron chi connectivity index (χ3n) is 3.47. The zero-order valence-corrected chi connectivity index (χ0v) is 11.5. The Kier molecular flexibility index (Phi) is 5.16. The third-order valence-corrected chi connectivity index (χ3v) is 3.47. The summed E-state index contributed by atoms with van der Waals surface area (Å²) in [5, 5.41) is 0. The summed E-state index contributed by atoms with van der Waals surface area (Å²) in [5.41, 5.74) is 8.31. The highest BCUT2D eigenvalue weighted by Gasteiger charge is 2.15. The molecule has 0 aliphatic heterocycles. The van der Waals surface area contributed by atoms with E-state index < -0.39 is 0 Å². The number of aryl methyl sites for hydroxylation is 1. The van der Waals surface area contributed by atoms with Crippen molar-refractivity contribution >= 4 is 0 Å². The van der Waals surface area contributed by atoms with Crippen LogP contribution in [-0.4, -0.2) is 19.3 Å². The van der Waals surface area contributed by atoms with Gasteiger partial charge in [-0.25, -0.2) is 0 Å². The van der Waals surface area contributed by atoms with Crippen molar-refractivity contribution < 1.29 is 4.74 Å². The molecule has 1 rings (SSSR count). The van der Waals surface area contributed by atoms with E-state index in [1.807, 2.05) is 0 Å². The maximum absolute atomic E-state index is 5.66.